The van der Waals surface area contributed by atoms with Crippen LogP contribution in [-0.4, -0.2) is 8.07 Å². The number of fused-ring (bicyclic) bond motifs is 6. The molecule has 4 heteroatoms. The van der Waals surface area contributed by atoms with Gasteiger partial charge in [-0.2, -0.15) is 12.8 Å². The van der Waals surface area contributed by atoms with Gasteiger partial charge in [0.05, 0.1) is 8.07 Å². The van der Waals surface area contributed by atoms with Crippen molar-refractivity contribution in [1.29, 1.82) is 0 Å². The zero-order valence-electron chi connectivity index (χ0n) is 30.4. The van der Waals surface area contributed by atoms with Crippen LogP contribution in [0.15, 0.2) is 97.1 Å². The van der Waals surface area contributed by atoms with Crippen LogP contribution in [0.3, 0.4) is 0 Å². The van der Waals surface area contributed by atoms with Gasteiger partial charge in [0.25, 0.3) is 0 Å². The number of hydrogen-bond acceptors (Lipinski definition) is 0. The number of rotatable bonds is 12. The molecule has 2 aromatic carbocycles. The second-order valence-corrected chi connectivity index (χ2v) is 23.0. The molecule has 0 spiro atoms. The third kappa shape index (κ3) is 11.6. The van der Waals surface area contributed by atoms with Crippen LogP contribution < -0.4 is 0 Å². The molecule has 48 heavy (non-hydrogen) atoms. The molecule has 0 N–H and O–H groups in total. The maximum atomic E-state index is 4.93. The van der Waals surface area contributed by atoms with E-state index in [0.29, 0.717) is 35.5 Å². The Morgan fingerprint density at radius 1 is 0.604 bits per heavy atom. The molecule has 0 saturated carbocycles. The zero-order chi connectivity index (χ0) is 34.8. The first-order chi connectivity index (χ1) is 23.4. The third-order valence-corrected chi connectivity index (χ3v) is 15.1. The van der Waals surface area contributed by atoms with Gasteiger partial charge in [0.1, 0.15) is 0 Å². The average Bonchev–Trinajstić information content (AvgIpc) is 3.59. The number of allylic oxidation sites excluding steroid dienone is 8. The Morgan fingerprint density at radius 3 is 1.40 bits per heavy atom. The van der Waals surface area contributed by atoms with Gasteiger partial charge < -0.3 is 13.8 Å². The minimum absolute atomic E-state index is 0.580. The summed E-state index contributed by atoms with van der Waals surface area (Å²) < 4.78 is 0. The fourth-order valence-electron chi connectivity index (χ4n) is 8.53. The van der Waals surface area contributed by atoms with E-state index in [0.717, 1.165) is 12.8 Å². The molecule has 0 saturated heterocycles. The monoisotopic (exact) mass is 778 g/mol. The molecule has 0 aliphatic heterocycles. The summed E-state index contributed by atoms with van der Waals surface area (Å²) in [5.74, 6) is 3.82. The standard InChI is InChI=1S/C37H46Si.C4H9.C3H7.2ClH.Zr/c1-3-4-5-6-7-16-25-38(2,26-36-32-21-12-8-17-28(32)29-18-9-13-22-33(29)36)27-37-34-23-14-10-19-30(34)31-20-11-15-24-35(31)37;1-3-4-2;1-3-2;;;/h8-15,17-24,28,30,32,34,36-37H,3-7,16,25-27H2,1-2H3;1,3-4H2,2H3;1,3H2,2H3;2*1H;/q;2*-1;;;+4/p-2. The Balaban J connectivity index is 0.000000557. The molecule has 6 rings (SSSR count). The van der Waals surface area contributed by atoms with E-state index in [1.807, 2.05) is 6.92 Å². The Morgan fingerprint density at radius 2 is 0.979 bits per heavy atom. The van der Waals surface area contributed by atoms with Gasteiger partial charge in [-0.15, -0.1) is 0 Å². The SMILES string of the molecule is CCCCCCCC[Si](C)(CC1c2ccccc2C2C=CC=CC21)CC1c2ccccc2C2C=CC=CC21.[CH2-]CC.[CH2-]CCC.[Cl][Zr+2][Cl]. The normalized spacial score (nSPS) is 24.6. The predicted molar refractivity (Wildman–Crippen MR) is 214 cm³/mol. The molecule has 0 amide bonds. The van der Waals surface area contributed by atoms with Crippen LogP contribution in [0.5, 0.6) is 0 Å². The molecule has 0 bridgehead atoms. The summed E-state index contributed by atoms with van der Waals surface area (Å²) in [6, 6.07) is 23.2. The number of benzene rings is 2. The molecule has 4 aliphatic carbocycles. The third-order valence-electron chi connectivity index (χ3n) is 10.7. The van der Waals surface area contributed by atoms with Crippen LogP contribution in [0, 0.1) is 25.7 Å². The number of hydrogen-bond donors (Lipinski definition) is 0. The molecular weight excluding hydrogens is 719 g/mol. The van der Waals surface area contributed by atoms with Crippen molar-refractivity contribution in [1.82, 2.24) is 0 Å². The minimum atomic E-state index is -1.55. The Labute approximate surface area is 315 Å². The van der Waals surface area contributed by atoms with Gasteiger partial charge >= 0.3 is 37.9 Å². The van der Waals surface area contributed by atoms with Crippen molar-refractivity contribution in [3.05, 3.63) is 133 Å². The molecule has 0 fully saturated rings. The molecule has 4 aliphatic rings. The fraction of sp³-hybridized carbons (Fsp3) is 0.500. The molecule has 6 atom stereocenters. The topological polar surface area (TPSA) is 0 Å². The van der Waals surface area contributed by atoms with Crippen molar-refractivity contribution in [3.8, 4) is 0 Å². The van der Waals surface area contributed by atoms with Crippen molar-refractivity contribution in [2.45, 2.75) is 127 Å². The van der Waals surface area contributed by atoms with Gasteiger partial charge in [-0.05, 0) is 58.0 Å². The molecule has 260 valence electrons. The van der Waals surface area contributed by atoms with E-state index in [1.54, 1.807) is 22.3 Å². The van der Waals surface area contributed by atoms with E-state index in [9.17, 15) is 0 Å². The zero-order valence-corrected chi connectivity index (χ0v) is 35.3. The van der Waals surface area contributed by atoms with Crippen LogP contribution in [0.4, 0.5) is 0 Å². The van der Waals surface area contributed by atoms with Gasteiger partial charge in [-0.1, -0.05) is 175 Å². The first-order valence-electron chi connectivity index (χ1n) is 18.9. The molecule has 0 heterocycles. The van der Waals surface area contributed by atoms with E-state index in [1.165, 1.54) is 63.1 Å². The summed E-state index contributed by atoms with van der Waals surface area (Å²) >= 11 is -0.826. The van der Waals surface area contributed by atoms with Crippen LogP contribution in [-0.2, 0) is 20.8 Å². The Kier molecular flexibility index (Phi) is 19.7. The molecule has 0 aromatic heterocycles. The average molecular weight is 781 g/mol. The molecule has 0 nitrogen and oxygen atoms in total. The maximum absolute atomic E-state index is 4.93. The van der Waals surface area contributed by atoms with Gasteiger partial charge in [-0.3, -0.25) is 0 Å². The number of halogens is 2. The first-order valence-corrected chi connectivity index (χ1v) is 28.3. The number of unbranched alkanes of at least 4 members (excludes halogenated alkanes) is 6. The van der Waals surface area contributed by atoms with E-state index >= 15 is 0 Å². The van der Waals surface area contributed by atoms with E-state index in [2.05, 4.69) is 131 Å². The predicted octanol–water partition coefficient (Wildman–Crippen LogP) is 14.9. The van der Waals surface area contributed by atoms with Gasteiger partial charge in [0.2, 0.25) is 0 Å². The van der Waals surface area contributed by atoms with E-state index in [-0.39, 0.29) is 0 Å². The van der Waals surface area contributed by atoms with Crippen molar-refractivity contribution < 1.29 is 20.8 Å². The summed E-state index contributed by atoms with van der Waals surface area (Å²) in [6.45, 7) is 16.4. The van der Waals surface area contributed by atoms with Crippen LogP contribution in [0.25, 0.3) is 0 Å². The molecule has 2 aromatic rings. The van der Waals surface area contributed by atoms with E-state index in [4.69, 9.17) is 17.0 Å². The molecular formula is C44H62Cl2SiZr. The van der Waals surface area contributed by atoms with Crippen molar-refractivity contribution in [2.75, 3.05) is 0 Å². The van der Waals surface area contributed by atoms with Crippen LogP contribution >= 0.6 is 17.0 Å². The summed E-state index contributed by atoms with van der Waals surface area (Å²) in [5, 5.41) is 0. The second kappa shape index (κ2) is 22.8. The van der Waals surface area contributed by atoms with Gasteiger partial charge in [-0.25, -0.2) is 0 Å². The molecule has 0 radical (unpaired) electrons. The van der Waals surface area contributed by atoms with Crippen molar-refractivity contribution in [2.24, 2.45) is 11.8 Å². The molecule has 6 unspecified atom stereocenters. The van der Waals surface area contributed by atoms with Gasteiger partial charge in [0.15, 0.2) is 0 Å². The first kappa shape index (κ1) is 41.5. The van der Waals surface area contributed by atoms with Crippen LogP contribution in [0.2, 0.25) is 24.7 Å². The van der Waals surface area contributed by atoms with Crippen molar-refractivity contribution in [3.63, 3.8) is 0 Å². The Hall–Kier alpha value is -0.920. The fourth-order valence-corrected chi connectivity index (χ4v) is 13.3. The summed E-state index contributed by atoms with van der Waals surface area (Å²) in [4.78, 5) is 0. The van der Waals surface area contributed by atoms with Crippen molar-refractivity contribution >= 4 is 25.1 Å². The summed E-state index contributed by atoms with van der Waals surface area (Å²) in [6.07, 6.45) is 31.0. The van der Waals surface area contributed by atoms with Crippen LogP contribution in [0.1, 0.15) is 124 Å². The quantitative estimate of drug-likeness (QED) is 0.114. The summed E-state index contributed by atoms with van der Waals surface area (Å²) in [7, 11) is 8.31. The van der Waals surface area contributed by atoms with Gasteiger partial charge in [0, 0.05) is 11.8 Å². The Bertz CT molecular complexity index is 1220. The van der Waals surface area contributed by atoms with E-state index < -0.39 is 28.9 Å². The summed E-state index contributed by atoms with van der Waals surface area (Å²) in [5.41, 5.74) is 6.52. The second-order valence-electron chi connectivity index (χ2n) is 14.4.